The van der Waals surface area contributed by atoms with Gasteiger partial charge in [0.15, 0.2) is 0 Å². The molecule has 0 saturated carbocycles. The van der Waals surface area contributed by atoms with E-state index in [1.165, 1.54) is 0 Å². The molecule has 0 bridgehead atoms. The Kier molecular flexibility index (Phi) is 6.20. The van der Waals surface area contributed by atoms with Crippen molar-refractivity contribution in [2.24, 2.45) is 0 Å². The van der Waals surface area contributed by atoms with E-state index >= 15 is 0 Å². The summed E-state index contributed by atoms with van der Waals surface area (Å²) in [5.41, 5.74) is 2.72. The molecule has 0 aliphatic carbocycles. The summed E-state index contributed by atoms with van der Waals surface area (Å²) in [6, 6.07) is 14.5. The highest BCUT2D eigenvalue weighted by molar-refractivity contribution is 5.96. The van der Waals surface area contributed by atoms with Crippen LogP contribution in [-0.2, 0) is 13.0 Å². The monoisotopic (exact) mass is 387 g/mol. The molecule has 1 N–H and O–H groups in total. The van der Waals surface area contributed by atoms with E-state index in [4.69, 9.17) is 0 Å². The van der Waals surface area contributed by atoms with Crippen LogP contribution < -0.4 is 0 Å². The molecule has 6 heteroatoms. The summed E-state index contributed by atoms with van der Waals surface area (Å²) in [6.07, 6.45) is 0.769. The van der Waals surface area contributed by atoms with Crippen LogP contribution in [0.3, 0.4) is 0 Å². The average Bonchev–Trinajstić information content (AvgIpc) is 3.14. The molecule has 1 heterocycles. The van der Waals surface area contributed by atoms with Gasteiger partial charge < -0.3 is 5.11 Å². The van der Waals surface area contributed by atoms with Gasteiger partial charge in [0.25, 0.3) is 0 Å². The maximum atomic E-state index is 12.0. The van der Waals surface area contributed by atoms with Crippen LogP contribution in [0.25, 0.3) is 11.1 Å². The molecule has 29 heavy (non-hydrogen) atoms. The molecule has 0 aliphatic rings. The van der Waals surface area contributed by atoms with Gasteiger partial charge in [-0.1, -0.05) is 55.3 Å². The van der Waals surface area contributed by atoms with E-state index in [1.54, 1.807) is 36.7 Å². The zero-order chi connectivity index (χ0) is 20.8. The highest BCUT2D eigenvalue weighted by Crippen LogP contribution is 2.24. The third kappa shape index (κ3) is 4.58. The van der Waals surface area contributed by atoms with E-state index in [9.17, 15) is 14.7 Å². The Morgan fingerprint density at radius 2 is 1.83 bits per heavy atom. The van der Waals surface area contributed by atoms with Gasteiger partial charge in [0, 0.05) is 6.42 Å². The van der Waals surface area contributed by atoms with Crippen LogP contribution in [0.1, 0.15) is 52.6 Å². The lowest BCUT2D eigenvalue weighted by Gasteiger charge is -2.08. The molecule has 6 nitrogen and oxygen atoms in total. The Bertz CT molecular complexity index is 1100. The molecule has 146 valence electrons. The number of hydrogen-bond donors (Lipinski definition) is 1. The molecule has 0 saturated heterocycles. The van der Waals surface area contributed by atoms with Crippen LogP contribution in [0, 0.1) is 11.8 Å². The van der Waals surface area contributed by atoms with Gasteiger partial charge in [-0.25, -0.2) is 14.5 Å². The Labute approximate surface area is 169 Å². The first-order chi connectivity index (χ1) is 14.0. The summed E-state index contributed by atoms with van der Waals surface area (Å²) in [6.45, 7) is 3.99. The Hall–Kier alpha value is -3.72. The minimum Gasteiger partial charge on any atom is -0.478 e. The fourth-order valence-corrected chi connectivity index (χ4v) is 2.96. The zero-order valence-electron chi connectivity index (χ0n) is 16.3. The molecule has 0 fully saturated rings. The van der Waals surface area contributed by atoms with Crippen molar-refractivity contribution in [3.8, 4) is 23.0 Å². The number of aromatic nitrogens is 3. The molecule has 0 aliphatic heterocycles. The van der Waals surface area contributed by atoms with E-state index in [-0.39, 0.29) is 17.2 Å². The van der Waals surface area contributed by atoms with Crippen LogP contribution in [0.15, 0.2) is 48.5 Å². The van der Waals surface area contributed by atoms with Gasteiger partial charge in [0.1, 0.15) is 5.82 Å². The van der Waals surface area contributed by atoms with Crippen molar-refractivity contribution in [2.45, 2.75) is 33.2 Å². The topological polar surface area (TPSA) is 85.1 Å². The minimum absolute atomic E-state index is 0.102. The van der Waals surface area contributed by atoms with Crippen molar-refractivity contribution in [3.63, 3.8) is 0 Å². The lowest BCUT2D eigenvalue weighted by Crippen LogP contribution is -2.07. The van der Waals surface area contributed by atoms with Gasteiger partial charge in [-0.15, -0.1) is 11.0 Å². The second-order valence-corrected chi connectivity index (χ2v) is 6.44. The molecule has 3 rings (SSSR count). The number of rotatable bonds is 7. The normalized spacial score (nSPS) is 10.3. The second kappa shape index (κ2) is 8.98. The molecule has 1 aromatic heterocycles. The van der Waals surface area contributed by atoms with Crippen LogP contribution in [0.2, 0.25) is 0 Å². The lowest BCUT2D eigenvalue weighted by atomic mass is 9.99. The highest BCUT2D eigenvalue weighted by atomic mass is 16.4. The quantitative estimate of drug-likeness (QED) is 0.492. The fraction of sp³-hybridized carbons (Fsp3) is 0.217. The number of ketones is 1. The number of carboxylic acids is 1. The molecule has 0 spiro atoms. The molecule has 2 aromatic carbocycles. The summed E-state index contributed by atoms with van der Waals surface area (Å²) in [5.74, 6) is 5.61. The van der Waals surface area contributed by atoms with Crippen LogP contribution in [0.5, 0.6) is 0 Å². The maximum Gasteiger partial charge on any atom is 0.336 e. The van der Waals surface area contributed by atoms with Crippen molar-refractivity contribution < 1.29 is 14.7 Å². The number of carboxylic acid groups (broad SMARTS) is 1. The van der Waals surface area contributed by atoms with Gasteiger partial charge in [-0.05, 0) is 29.7 Å². The van der Waals surface area contributed by atoms with E-state index in [0.717, 1.165) is 11.1 Å². The van der Waals surface area contributed by atoms with Gasteiger partial charge >= 0.3 is 5.97 Å². The summed E-state index contributed by atoms with van der Waals surface area (Å²) in [7, 11) is 0. The van der Waals surface area contributed by atoms with Crippen LogP contribution in [0.4, 0.5) is 0 Å². The number of carbonyl (C=O) groups excluding carboxylic acids is 1. The van der Waals surface area contributed by atoms with Crippen LogP contribution >= 0.6 is 0 Å². The standard InChI is InChI=1S/C23H21N3O3/c1-3-5-10-21-24-22(20(27)4-2)25-26(21)15-16-11-13-17(14-12-16)18-8-6-7-9-19(18)23(28)29/h6-9,11-14H,4,10,15H2,1-2H3,(H,28,29). The van der Waals surface area contributed by atoms with E-state index in [0.29, 0.717) is 30.8 Å². The van der Waals surface area contributed by atoms with Crippen molar-refractivity contribution in [2.75, 3.05) is 0 Å². The predicted octanol–water partition coefficient (Wildman–Crippen LogP) is 3.85. The van der Waals surface area contributed by atoms with E-state index in [1.807, 2.05) is 30.3 Å². The highest BCUT2D eigenvalue weighted by Gasteiger charge is 2.15. The third-order valence-corrected chi connectivity index (χ3v) is 4.50. The SMILES string of the molecule is CC#CCc1nc(C(=O)CC)nn1Cc1ccc(-c2ccccc2C(=O)O)cc1. The predicted molar refractivity (Wildman–Crippen MR) is 110 cm³/mol. The Balaban J connectivity index is 1.88. The van der Waals surface area contributed by atoms with Crippen molar-refractivity contribution in [1.29, 1.82) is 0 Å². The van der Waals surface area contributed by atoms with Crippen molar-refractivity contribution in [1.82, 2.24) is 14.8 Å². The second-order valence-electron chi connectivity index (χ2n) is 6.44. The van der Waals surface area contributed by atoms with Crippen LogP contribution in [-0.4, -0.2) is 31.6 Å². The lowest BCUT2D eigenvalue weighted by molar-refractivity contribution is 0.0697. The van der Waals surface area contributed by atoms with E-state index in [2.05, 4.69) is 21.9 Å². The maximum absolute atomic E-state index is 12.0. The number of hydrogen-bond acceptors (Lipinski definition) is 4. The van der Waals surface area contributed by atoms with E-state index < -0.39 is 5.97 Å². The largest absolute Gasteiger partial charge is 0.478 e. The van der Waals surface area contributed by atoms with Gasteiger partial charge in [0.05, 0.1) is 18.5 Å². The van der Waals surface area contributed by atoms with Gasteiger partial charge in [-0.3, -0.25) is 4.79 Å². The van der Waals surface area contributed by atoms with Crippen molar-refractivity contribution >= 4 is 11.8 Å². The molecule has 0 atom stereocenters. The average molecular weight is 387 g/mol. The summed E-state index contributed by atoms with van der Waals surface area (Å²) in [5, 5.41) is 13.7. The molecule has 0 radical (unpaired) electrons. The minimum atomic E-state index is -0.956. The first-order valence-electron chi connectivity index (χ1n) is 9.31. The molecule has 0 unspecified atom stereocenters. The first kappa shape index (κ1) is 20.0. The number of aromatic carboxylic acids is 1. The first-order valence-corrected chi connectivity index (χ1v) is 9.31. The molecular formula is C23H21N3O3. The summed E-state index contributed by atoms with van der Waals surface area (Å²) >= 11 is 0. The number of nitrogens with zero attached hydrogens (tertiary/aromatic N) is 3. The number of carbonyl (C=O) groups is 2. The zero-order valence-corrected chi connectivity index (χ0v) is 16.3. The molecular weight excluding hydrogens is 366 g/mol. The fourth-order valence-electron chi connectivity index (χ4n) is 2.96. The summed E-state index contributed by atoms with van der Waals surface area (Å²) in [4.78, 5) is 27.8. The van der Waals surface area contributed by atoms with Gasteiger partial charge in [-0.2, -0.15) is 0 Å². The van der Waals surface area contributed by atoms with Crippen molar-refractivity contribution in [3.05, 3.63) is 71.3 Å². The number of benzene rings is 2. The third-order valence-electron chi connectivity index (χ3n) is 4.50. The smallest absolute Gasteiger partial charge is 0.336 e. The molecule has 0 amide bonds. The number of Topliss-reactive ketones (excluding diaryl/α,β-unsaturated/α-hetero) is 1. The molecule has 3 aromatic rings. The Morgan fingerprint density at radius 1 is 1.10 bits per heavy atom. The van der Waals surface area contributed by atoms with Gasteiger partial charge in [0.2, 0.25) is 11.6 Å². The summed E-state index contributed by atoms with van der Waals surface area (Å²) < 4.78 is 1.70. The Morgan fingerprint density at radius 3 is 2.48 bits per heavy atom.